The summed E-state index contributed by atoms with van der Waals surface area (Å²) in [5.74, 6) is -2.05. The van der Waals surface area contributed by atoms with Crippen molar-refractivity contribution in [2.45, 2.75) is 13.1 Å². The Morgan fingerprint density at radius 3 is 2.50 bits per heavy atom. The number of nitrogens with two attached hydrogens (primary N) is 1. The zero-order chi connectivity index (χ0) is 22.2. The molecule has 3 aromatic rings. The topological polar surface area (TPSA) is 103 Å². The fourth-order valence-corrected chi connectivity index (χ4v) is 3.13. The minimum atomic E-state index is -4.82. The maximum absolute atomic E-state index is 13.2. The molecule has 0 spiro atoms. The number of aromatic nitrogens is 3. The molecule has 1 aromatic carbocycles. The van der Waals surface area contributed by atoms with Crippen molar-refractivity contribution >= 4 is 40.7 Å². The van der Waals surface area contributed by atoms with Gasteiger partial charge in [0, 0.05) is 17.3 Å². The van der Waals surface area contributed by atoms with Crippen LogP contribution in [-0.4, -0.2) is 26.6 Å². The zero-order valence-electron chi connectivity index (χ0n) is 15.1. The molecule has 0 radical (unpaired) electrons. The van der Waals surface area contributed by atoms with Gasteiger partial charge in [0.1, 0.15) is 5.69 Å². The van der Waals surface area contributed by atoms with Gasteiger partial charge in [-0.3, -0.25) is 9.59 Å². The zero-order valence-corrected chi connectivity index (χ0v) is 16.6. The number of primary amides is 1. The quantitative estimate of drug-likeness (QED) is 0.610. The van der Waals surface area contributed by atoms with E-state index >= 15 is 0 Å². The molecule has 7 nitrogen and oxygen atoms in total. The SMILES string of the molecule is Cc1cc(Cl)cc(C(N)=O)c1NC(=O)c1cc(C(F)(F)F)nn1-c1ncccc1Cl. The maximum Gasteiger partial charge on any atom is 0.435 e. The lowest BCUT2D eigenvalue weighted by atomic mass is 10.1. The molecule has 0 aliphatic heterocycles. The van der Waals surface area contributed by atoms with Gasteiger partial charge in [0.05, 0.1) is 16.3 Å². The van der Waals surface area contributed by atoms with Gasteiger partial charge in [-0.05, 0) is 36.8 Å². The maximum atomic E-state index is 13.2. The van der Waals surface area contributed by atoms with Crippen LogP contribution in [0, 0.1) is 6.92 Å². The Labute approximate surface area is 177 Å². The second-order valence-corrected chi connectivity index (χ2v) is 6.94. The smallest absolute Gasteiger partial charge is 0.366 e. The van der Waals surface area contributed by atoms with Gasteiger partial charge < -0.3 is 11.1 Å². The highest BCUT2D eigenvalue weighted by atomic mass is 35.5. The summed E-state index contributed by atoms with van der Waals surface area (Å²) in [5.41, 5.74) is 3.77. The largest absolute Gasteiger partial charge is 0.435 e. The molecule has 0 bridgehead atoms. The van der Waals surface area contributed by atoms with E-state index in [1.165, 1.54) is 30.5 Å². The van der Waals surface area contributed by atoms with Gasteiger partial charge in [-0.25, -0.2) is 9.67 Å². The molecule has 156 valence electrons. The van der Waals surface area contributed by atoms with E-state index in [0.717, 1.165) is 0 Å². The lowest BCUT2D eigenvalue weighted by Crippen LogP contribution is -2.21. The van der Waals surface area contributed by atoms with Gasteiger partial charge in [0.2, 0.25) is 0 Å². The predicted octanol–water partition coefficient (Wildman–Crippen LogP) is 4.25. The van der Waals surface area contributed by atoms with Crippen LogP contribution in [0.2, 0.25) is 10.0 Å². The fraction of sp³-hybridized carbons (Fsp3) is 0.111. The molecule has 0 saturated carbocycles. The van der Waals surface area contributed by atoms with Gasteiger partial charge in [-0.2, -0.15) is 18.3 Å². The molecule has 0 atom stereocenters. The second kappa shape index (κ2) is 7.96. The summed E-state index contributed by atoms with van der Waals surface area (Å²) in [6.07, 6.45) is -3.54. The van der Waals surface area contributed by atoms with Crippen LogP contribution in [0.3, 0.4) is 0 Å². The summed E-state index contributed by atoms with van der Waals surface area (Å²) in [4.78, 5) is 28.5. The highest BCUT2D eigenvalue weighted by Gasteiger charge is 2.36. The molecule has 0 saturated heterocycles. The third-order valence-corrected chi connectivity index (χ3v) is 4.49. The molecule has 30 heavy (non-hydrogen) atoms. The van der Waals surface area contributed by atoms with Crippen LogP contribution >= 0.6 is 23.2 Å². The predicted molar refractivity (Wildman–Crippen MR) is 104 cm³/mol. The summed E-state index contributed by atoms with van der Waals surface area (Å²) in [6.45, 7) is 1.54. The van der Waals surface area contributed by atoms with E-state index in [9.17, 15) is 22.8 Å². The molecule has 3 rings (SSSR count). The first-order valence-electron chi connectivity index (χ1n) is 8.18. The van der Waals surface area contributed by atoms with Gasteiger partial charge in [-0.1, -0.05) is 23.2 Å². The van der Waals surface area contributed by atoms with E-state index in [1.807, 2.05) is 0 Å². The van der Waals surface area contributed by atoms with Gasteiger partial charge in [-0.15, -0.1) is 0 Å². The van der Waals surface area contributed by atoms with Crippen LogP contribution < -0.4 is 11.1 Å². The van der Waals surface area contributed by atoms with Crippen LogP contribution in [0.1, 0.15) is 32.1 Å². The number of anilines is 1. The molecule has 0 fully saturated rings. The number of hydrogen-bond donors (Lipinski definition) is 2. The minimum absolute atomic E-state index is 0.00493. The molecular weight excluding hydrogens is 446 g/mol. The van der Waals surface area contributed by atoms with E-state index in [-0.39, 0.29) is 27.1 Å². The summed E-state index contributed by atoms with van der Waals surface area (Å²) >= 11 is 11.9. The van der Waals surface area contributed by atoms with Crippen molar-refractivity contribution < 1.29 is 22.8 Å². The van der Waals surface area contributed by atoms with E-state index < -0.39 is 29.4 Å². The number of nitrogens with zero attached hydrogens (tertiary/aromatic N) is 3. The summed E-state index contributed by atoms with van der Waals surface area (Å²) in [6, 6.07) is 6.10. The Kier molecular flexibility index (Phi) is 5.73. The Hall–Kier alpha value is -3.11. The van der Waals surface area contributed by atoms with E-state index in [2.05, 4.69) is 15.4 Å². The first-order valence-corrected chi connectivity index (χ1v) is 8.94. The lowest BCUT2D eigenvalue weighted by molar-refractivity contribution is -0.141. The van der Waals surface area contributed by atoms with Crippen molar-refractivity contribution in [3.05, 3.63) is 69.1 Å². The Morgan fingerprint density at radius 2 is 1.90 bits per heavy atom. The number of aryl methyl sites for hydroxylation is 1. The van der Waals surface area contributed by atoms with Crippen LogP contribution in [0.4, 0.5) is 18.9 Å². The summed E-state index contributed by atoms with van der Waals surface area (Å²) < 4.78 is 40.4. The van der Waals surface area contributed by atoms with Crippen molar-refractivity contribution in [2.75, 3.05) is 5.32 Å². The van der Waals surface area contributed by atoms with Gasteiger partial charge in [0.15, 0.2) is 11.5 Å². The molecular formula is C18H12Cl2F3N5O2. The summed E-state index contributed by atoms with van der Waals surface area (Å²) in [5, 5.41) is 6.02. The number of halogens is 5. The number of hydrogen-bond acceptors (Lipinski definition) is 4. The molecule has 0 aliphatic rings. The standard InChI is InChI=1S/C18H12Cl2F3N5O2/c1-8-5-9(19)6-10(15(24)29)14(8)26-17(30)12-7-13(18(21,22)23)27-28(12)16-11(20)3-2-4-25-16/h2-7H,1H3,(H2,24,29)(H,26,30). The monoisotopic (exact) mass is 457 g/mol. The minimum Gasteiger partial charge on any atom is -0.366 e. The number of pyridine rings is 1. The molecule has 2 amide bonds. The number of rotatable bonds is 4. The first-order chi connectivity index (χ1) is 14.0. The average molecular weight is 458 g/mol. The number of alkyl halides is 3. The number of nitrogens with one attached hydrogen (secondary N) is 1. The van der Waals surface area contributed by atoms with E-state index in [4.69, 9.17) is 28.9 Å². The molecule has 12 heteroatoms. The van der Waals surface area contributed by atoms with Crippen molar-refractivity contribution in [3.8, 4) is 5.82 Å². The normalized spacial score (nSPS) is 11.4. The molecule has 0 aliphatic carbocycles. The van der Waals surface area contributed by atoms with Crippen LogP contribution in [-0.2, 0) is 6.18 Å². The van der Waals surface area contributed by atoms with E-state index in [0.29, 0.717) is 16.3 Å². The molecule has 2 aromatic heterocycles. The Balaban J connectivity index is 2.13. The molecule has 0 unspecified atom stereocenters. The first kappa shape index (κ1) is 21.6. The van der Waals surface area contributed by atoms with Gasteiger partial charge in [0.25, 0.3) is 11.8 Å². The number of carbonyl (C=O) groups excluding carboxylic acids is 2. The van der Waals surface area contributed by atoms with Crippen molar-refractivity contribution in [2.24, 2.45) is 5.73 Å². The van der Waals surface area contributed by atoms with Crippen molar-refractivity contribution in [1.82, 2.24) is 14.8 Å². The number of carbonyl (C=O) groups is 2. The third-order valence-electron chi connectivity index (χ3n) is 3.98. The third kappa shape index (κ3) is 4.24. The highest BCUT2D eigenvalue weighted by molar-refractivity contribution is 6.32. The van der Waals surface area contributed by atoms with Crippen molar-refractivity contribution in [1.29, 1.82) is 0 Å². The van der Waals surface area contributed by atoms with E-state index in [1.54, 1.807) is 6.92 Å². The fourth-order valence-electron chi connectivity index (χ4n) is 2.66. The Morgan fingerprint density at radius 1 is 1.20 bits per heavy atom. The highest BCUT2D eigenvalue weighted by Crippen LogP contribution is 2.31. The van der Waals surface area contributed by atoms with Gasteiger partial charge >= 0.3 is 6.18 Å². The molecule has 2 heterocycles. The summed E-state index contributed by atoms with van der Waals surface area (Å²) in [7, 11) is 0. The van der Waals surface area contributed by atoms with Crippen LogP contribution in [0.25, 0.3) is 5.82 Å². The Bertz CT molecular complexity index is 1160. The lowest BCUT2D eigenvalue weighted by Gasteiger charge is -2.13. The average Bonchev–Trinajstić information content (AvgIpc) is 3.09. The van der Waals surface area contributed by atoms with Crippen LogP contribution in [0.5, 0.6) is 0 Å². The number of benzene rings is 1. The molecule has 3 N–H and O–H groups in total. The van der Waals surface area contributed by atoms with Crippen LogP contribution in [0.15, 0.2) is 36.5 Å². The second-order valence-electron chi connectivity index (χ2n) is 6.10. The van der Waals surface area contributed by atoms with Crippen molar-refractivity contribution in [3.63, 3.8) is 0 Å². The number of amides is 2.